The van der Waals surface area contributed by atoms with Crippen molar-refractivity contribution in [1.29, 1.82) is 0 Å². The molecule has 0 fully saturated rings. The van der Waals surface area contributed by atoms with Gasteiger partial charge in [0.1, 0.15) is 5.82 Å². The van der Waals surface area contributed by atoms with Crippen LogP contribution >= 0.6 is 11.6 Å². The number of benzene rings is 1. The highest BCUT2D eigenvalue weighted by molar-refractivity contribution is 6.17. The summed E-state index contributed by atoms with van der Waals surface area (Å²) in [5, 5.41) is 8.30. The Morgan fingerprint density at radius 1 is 1.19 bits per heavy atom. The average Bonchev–Trinajstić information content (AvgIpc) is 3.01. The number of aryl methyl sites for hydroxylation is 2. The number of esters is 1. The molecule has 0 N–H and O–H groups in total. The Labute approximate surface area is 158 Å². The molecule has 3 aromatic rings. The summed E-state index contributed by atoms with van der Waals surface area (Å²) in [6, 6.07) is 10.2. The Morgan fingerprint density at radius 3 is 2.69 bits per heavy atom. The van der Waals surface area contributed by atoms with Crippen molar-refractivity contribution in [1.82, 2.24) is 14.6 Å². The van der Waals surface area contributed by atoms with E-state index in [1.165, 1.54) is 0 Å². The molecule has 0 amide bonds. The summed E-state index contributed by atoms with van der Waals surface area (Å²) >= 11 is 6.08. The number of pyridine rings is 1. The van der Waals surface area contributed by atoms with Crippen LogP contribution in [-0.4, -0.2) is 27.2 Å². The van der Waals surface area contributed by atoms with Crippen molar-refractivity contribution in [2.24, 2.45) is 0 Å². The van der Waals surface area contributed by atoms with E-state index in [0.717, 1.165) is 33.7 Å². The van der Waals surface area contributed by atoms with Gasteiger partial charge in [-0.2, -0.15) is 0 Å². The number of nitrogens with zero attached hydrogens (tertiary/aromatic N) is 3. The number of halogens is 1. The molecule has 0 bridgehead atoms. The highest BCUT2D eigenvalue weighted by atomic mass is 35.5. The number of fused-ring (bicyclic) bond motifs is 1. The Hall–Kier alpha value is -2.40. The number of hydrogen-bond acceptors (Lipinski definition) is 4. The van der Waals surface area contributed by atoms with Gasteiger partial charge in [0.05, 0.1) is 13.0 Å². The number of rotatable bonds is 6. The topological polar surface area (TPSA) is 56.5 Å². The lowest BCUT2D eigenvalue weighted by Crippen LogP contribution is -2.12. The van der Waals surface area contributed by atoms with Gasteiger partial charge in [-0.1, -0.05) is 18.2 Å². The monoisotopic (exact) mass is 371 g/mol. The van der Waals surface area contributed by atoms with Gasteiger partial charge >= 0.3 is 5.97 Å². The maximum atomic E-state index is 12.2. The van der Waals surface area contributed by atoms with Gasteiger partial charge in [-0.15, -0.1) is 21.8 Å². The van der Waals surface area contributed by atoms with Crippen LogP contribution in [0.4, 0.5) is 0 Å². The molecule has 2 heterocycles. The van der Waals surface area contributed by atoms with Crippen LogP contribution in [-0.2, 0) is 15.4 Å². The molecule has 0 saturated carbocycles. The summed E-state index contributed by atoms with van der Waals surface area (Å²) in [4.78, 5) is 12.2. The van der Waals surface area contributed by atoms with Gasteiger partial charge < -0.3 is 4.74 Å². The van der Waals surface area contributed by atoms with Crippen LogP contribution in [0.15, 0.2) is 36.5 Å². The quantitative estimate of drug-likeness (QED) is 0.482. The van der Waals surface area contributed by atoms with Crippen LogP contribution in [0, 0.1) is 13.8 Å². The minimum Gasteiger partial charge on any atom is -0.466 e. The second kappa shape index (κ2) is 7.87. The van der Waals surface area contributed by atoms with Crippen LogP contribution in [0.5, 0.6) is 0 Å². The molecule has 0 aliphatic carbocycles. The molecule has 1 aromatic carbocycles. The van der Waals surface area contributed by atoms with Crippen LogP contribution < -0.4 is 0 Å². The fourth-order valence-corrected chi connectivity index (χ4v) is 3.40. The van der Waals surface area contributed by atoms with E-state index in [1.807, 2.05) is 49.6 Å². The largest absolute Gasteiger partial charge is 0.466 e. The van der Waals surface area contributed by atoms with Crippen molar-refractivity contribution >= 4 is 23.2 Å². The van der Waals surface area contributed by atoms with Crippen molar-refractivity contribution in [2.75, 3.05) is 6.61 Å². The smallest absolute Gasteiger partial charge is 0.306 e. The summed E-state index contributed by atoms with van der Waals surface area (Å²) in [6.07, 6.45) is 2.21. The number of carbonyl (C=O) groups excluding carboxylic acids is 1. The fraction of sp³-hybridized carbons (Fsp3) is 0.350. The molecule has 1 atom stereocenters. The average molecular weight is 372 g/mol. The maximum absolute atomic E-state index is 12.2. The van der Waals surface area contributed by atoms with Gasteiger partial charge in [0, 0.05) is 18.0 Å². The van der Waals surface area contributed by atoms with Crippen molar-refractivity contribution < 1.29 is 9.53 Å². The normalized spacial score (nSPS) is 12.3. The van der Waals surface area contributed by atoms with E-state index in [4.69, 9.17) is 16.3 Å². The molecule has 136 valence electrons. The first-order valence-corrected chi connectivity index (χ1v) is 9.19. The highest BCUT2D eigenvalue weighted by Gasteiger charge is 2.21. The number of aromatic nitrogens is 3. The van der Waals surface area contributed by atoms with Crippen LogP contribution in [0.1, 0.15) is 47.3 Å². The number of alkyl halides is 1. The van der Waals surface area contributed by atoms with Crippen molar-refractivity contribution in [3.8, 4) is 0 Å². The van der Waals surface area contributed by atoms with E-state index < -0.39 is 0 Å². The molecular formula is C20H22ClN3O2. The number of ether oxygens (including phenoxy) is 1. The zero-order chi connectivity index (χ0) is 18.7. The van der Waals surface area contributed by atoms with E-state index in [0.29, 0.717) is 12.5 Å². The summed E-state index contributed by atoms with van der Waals surface area (Å²) in [5.74, 6) is 0.920. The summed E-state index contributed by atoms with van der Waals surface area (Å²) in [6.45, 7) is 6.12. The van der Waals surface area contributed by atoms with Crippen molar-refractivity contribution in [3.63, 3.8) is 0 Å². The Morgan fingerprint density at radius 2 is 1.96 bits per heavy atom. The Kier molecular flexibility index (Phi) is 5.57. The highest BCUT2D eigenvalue weighted by Crippen LogP contribution is 2.31. The van der Waals surface area contributed by atoms with Gasteiger partial charge in [-0.05, 0) is 55.2 Å². The molecule has 6 heteroatoms. The Balaban J connectivity index is 2.05. The van der Waals surface area contributed by atoms with Crippen LogP contribution in [0.3, 0.4) is 0 Å². The first-order valence-electron chi connectivity index (χ1n) is 8.65. The van der Waals surface area contributed by atoms with Gasteiger partial charge in [-0.25, -0.2) is 0 Å². The molecule has 0 spiro atoms. The predicted octanol–water partition coefficient (Wildman–Crippen LogP) is 4.17. The molecular weight excluding hydrogens is 350 g/mol. The third-order valence-electron chi connectivity index (χ3n) is 4.60. The summed E-state index contributed by atoms with van der Waals surface area (Å²) in [5.41, 5.74) is 5.01. The minimum atomic E-state index is -0.219. The van der Waals surface area contributed by atoms with Gasteiger partial charge in [0.25, 0.3) is 0 Å². The molecule has 0 radical (unpaired) electrons. The second-order valence-corrected chi connectivity index (χ2v) is 6.58. The molecule has 26 heavy (non-hydrogen) atoms. The molecule has 1 unspecified atom stereocenters. The molecule has 0 saturated heterocycles. The lowest BCUT2D eigenvalue weighted by molar-refractivity contribution is -0.143. The second-order valence-electron chi connectivity index (χ2n) is 6.32. The van der Waals surface area contributed by atoms with Crippen molar-refractivity contribution in [2.45, 2.75) is 39.0 Å². The lowest BCUT2D eigenvalue weighted by atomic mass is 9.87. The van der Waals surface area contributed by atoms with E-state index in [2.05, 4.69) is 22.3 Å². The number of carbonyl (C=O) groups is 1. The Bertz CT molecular complexity index is 936. The third kappa shape index (κ3) is 3.73. The third-order valence-corrected chi connectivity index (χ3v) is 4.89. The summed E-state index contributed by atoms with van der Waals surface area (Å²) < 4.78 is 7.11. The van der Waals surface area contributed by atoms with Gasteiger partial charge in [-0.3, -0.25) is 9.20 Å². The SMILES string of the molecule is CCOC(=O)CC(c1ccc(C)c(CCl)c1)c1ccn2c(C)nnc2c1. The van der Waals surface area contributed by atoms with Gasteiger partial charge in [0.2, 0.25) is 0 Å². The predicted molar refractivity (Wildman–Crippen MR) is 102 cm³/mol. The molecule has 0 aliphatic heterocycles. The fourth-order valence-electron chi connectivity index (χ4n) is 3.11. The van der Waals surface area contributed by atoms with E-state index in [9.17, 15) is 4.79 Å². The van der Waals surface area contributed by atoms with E-state index in [1.54, 1.807) is 0 Å². The maximum Gasteiger partial charge on any atom is 0.306 e. The zero-order valence-electron chi connectivity index (χ0n) is 15.2. The lowest BCUT2D eigenvalue weighted by Gasteiger charge is -2.19. The molecule has 2 aromatic heterocycles. The number of hydrogen-bond donors (Lipinski definition) is 0. The standard InChI is InChI=1S/C20H22ClN3O2/c1-4-26-20(25)11-18(15-6-5-13(2)17(9-15)12-21)16-7-8-24-14(3)22-23-19(24)10-16/h5-10,18H,4,11-12H2,1-3H3. The molecule has 3 rings (SSSR count). The first-order chi connectivity index (χ1) is 12.5. The summed E-state index contributed by atoms with van der Waals surface area (Å²) in [7, 11) is 0. The van der Waals surface area contributed by atoms with Crippen LogP contribution in [0.25, 0.3) is 5.65 Å². The van der Waals surface area contributed by atoms with E-state index in [-0.39, 0.29) is 18.3 Å². The van der Waals surface area contributed by atoms with Gasteiger partial charge in [0.15, 0.2) is 5.65 Å². The first kappa shape index (κ1) is 18.4. The molecule has 0 aliphatic rings. The van der Waals surface area contributed by atoms with Crippen LogP contribution in [0.2, 0.25) is 0 Å². The minimum absolute atomic E-state index is 0.126. The molecule has 5 nitrogen and oxygen atoms in total. The van der Waals surface area contributed by atoms with E-state index >= 15 is 0 Å². The van der Waals surface area contributed by atoms with Crippen molar-refractivity contribution in [3.05, 3.63) is 64.6 Å². The zero-order valence-corrected chi connectivity index (χ0v) is 16.0.